The second kappa shape index (κ2) is 11.2. The molecule has 0 aliphatic heterocycles. The molecule has 5 heteroatoms. The van der Waals surface area contributed by atoms with Gasteiger partial charge in [0.15, 0.2) is 0 Å². The van der Waals surface area contributed by atoms with Crippen LogP contribution in [0.15, 0.2) is 78.9 Å². The summed E-state index contributed by atoms with van der Waals surface area (Å²) >= 11 is 0. The number of rotatable bonds is 9. The minimum absolute atomic E-state index is 0.163. The van der Waals surface area contributed by atoms with E-state index in [0.717, 1.165) is 29.0 Å². The van der Waals surface area contributed by atoms with E-state index >= 15 is 0 Å². The van der Waals surface area contributed by atoms with Crippen molar-refractivity contribution in [3.63, 3.8) is 0 Å². The molecule has 0 aliphatic carbocycles. The number of nitrogens with one attached hydrogen (secondary N) is 1. The van der Waals surface area contributed by atoms with Gasteiger partial charge in [0.25, 0.3) is 5.91 Å². The van der Waals surface area contributed by atoms with Gasteiger partial charge in [0.2, 0.25) is 0 Å². The van der Waals surface area contributed by atoms with Crippen molar-refractivity contribution in [2.75, 3.05) is 32.6 Å². The van der Waals surface area contributed by atoms with Crippen LogP contribution in [0.2, 0.25) is 0 Å². The number of ether oxygens (including phenoxy) is 1. The fourth-order valence-corrected chi connectivity index (χ4v) is 3.41. The second-order valence-electron chi connectivity index (χ2n) is 7.75. The Morgan fingerprint density at radius 1 is 0.906 bits per heavy atom. The number of allylic oxidation sites excluding steroid dienone is 1. The Balaban J connectivity index is 1.88. The molecule has 166 valence electrons. The molecule has 0 fully saturated rings. The lowest BCUT2D eigenvalue weighted by Crippen LogP contribution is -2.19. The Morgan fingerprint density at radius 2 is 1.56 bits per heavy atom. The van der Waals surface area contributed by atoms with Crippen LogP contribution in [-0.4, -0.2) is 43.2 Å². The van der Waals surface area contributed by atoms with Crippen LogP contribution in [0.1, 0.15) is 24.5 Å². The quantitative estimate of drug-likeness (QED) is 0.358. The maximum atomic E-state index is 13.4. The predicted octanol–water partition coefficient (Wildman–Crippen LogP) is 5.29. The van der Waals surface area contributed by atoms with Crippen LogP contribution in [0.3, 0.4) is 0 Å². The number of amides is 1. The number of carbonyl (C=O) groups excluding carboxylic acids is 1. The zero-order valence-corrected chi connectivity index (χ0v) is 18.8. The summed E-state index contributed by atoms with van der Waals surface area (Å²) in [6.45, 7) is 3.47. The lowest BCUT2D eigenvalue weighted by atomic mass is 9.92. The van der Waals surface area contributed by atoms with Gasteiger partial charge in [0, 0.05) is 12.2 Å². The highest BCUT2D eigenvalue weighted by Crippen LogP contribution is 2.31. The molecule has 3 rings (SSSR count). The Morgan fingerprint density at radius 3 is 2.16 bits per heavy atom. The molecule has 0 aromatic heterocycles. The highest BCUT2D eigenvalue weighted by Gasteiger charge is 2.18. The van der Waals surface area contributed by atoms with Crippen LogP contribution in [0.5, 0.6) is 11.5 Å². The van der Waals surface area contributed by atoms with Gasteiger partial charge in [0.05, 0.1) is 5.57 Å². The van der Waals surface area contributed by atoms with Crippen molar-refractivity contribution in [1.29, 1.82) is 0 Å². The highest BCUT2D eigenvalue weighted by molar-refractivity contribution is 6.31. The molecule has 0 unspecified atom stereocenters. The zero-order valence-electron chi connectivity index (χ0n) is 18.8. The SMILES string of the molecule is CCC(=C(C(=O)Nc1ccc(OCCN(C)C)cc1)c1ccc(O)cc1)c1ccccc1. The van der Waals surface area contributed by atoms with Crippen LogP contribution < -0.4 is 10.1 Å². The average Bonchev–Trinajstić information content (AvgIpc) is 2.79. The third kappa shape index (κ3) is 6.22. The van der Waals surface area contributed by atoms with Gasteiger partial charge in [-0.25, -0.2) is 0 Å². The van der Waals surface area contributed by atoms with Gasteiger partial charge in [-0.1, -0.05) is 49.4 Å². The minimum Gasteiger partial charge on any atom is -0.508 e. The van der Waals surface area contributed by atoms with Crippen molar-refractivity contribution in [2.24, 2.45) is 0 Å². The molecule has 0 atom stereocenters. The number of carbonyl (C=O) groups is 1. The van der Waals surface area contributed by atoms with Crippen LogP contribution in [0, 0.1) is 0 Å². The molecule has 0 saturated carbocycles. The first-order chi connectivity index (χ1) is 15.5. The van der Waals surface area contributed by atoms with Crippen molar-refractivity contribution < 1.29 is 14.6 Å². The molecule has 3 aromatic rings. The fraction of sp³-hybridized carbons (Fsp3) is 0.222. The summed E-state index contributed by atoms with van der Waals surface area (Å²) in [5, 5.41) is 12.7. The number of nitrogens with zero attached hydrogens (tertiary/aromatic N) is 1. The topological polar surface area (TPSA) is 61.8 Å². The standard InChI is InChI=1S/C27H30N2O3/c1-4-25(20-8-6-5-7-9-20)26(21-10-14-23(30)15-11-21)27(31)28-22-12-16-24(17-13-22)32-19-18-29(2)3/h5-17,30H,4,18-19H2,1-3H3,(H,28,31). The number of likely N-dealkylation sites (N-methyl/N-ethyl adjacent to an activating group) is 1. The van der Waals surface area contributed by atoms with E-state index in [2.05, 4.69) is 10.2 Å². The Bertz CT molecular complexity index is 1040. The summed E-state index contributed by atoms with van der Waals surface area (Å²) in [7, 11) is 4.00. The van der Waals surface area contributed by atoms with Crippen molar-refractivity contribution in [3.05, 3.63) is 90.0 Å². The largest absolute Gasteiger partial charge is 0.508 e. The number of benzene rings is 3. The Labute approximate surface area is 190 Å². The monoisotopic (exact) mass is 430 g/mol. The van der Waals surface area contributed by atoms with E-state index in [1.54, 1.807) is 24.3 Å². The maximum Gasteiger partial charge on any atom is 0.256 e. The Kier molecular flexibility index (Phi) is 8.06. The van der Waals surface area contributed by atoms with Gasteiger partial charge in [-0.2, -0.15) is 0 Å². The maximum absolute atomic E-state index is 13.4. The van der Waals surface area contributed by atoms with Gasteiger partial charge in [-0.05, 0) is 73.6 Å². The first-order valence-electron chi connectivity index (χ1n) is 10.7. The number of anilines is 1. The van der Waals surface area contributed by atoms with Crippen LogP contribution in [0.4, 0.5) is 5.69 Å². The van der Waals surface area contributed by atoms with Crippen molar-refractivity contribution >= 4 is 22.7 Å². The molecule has 5 nitrogen and oxygen atoms in total. The summed E-state index contributed by atoms with van der Waals surface area (Å²) in [6, 6.07) is 24.0. The fourth-order valence-electron chi connectivity index (χ4n) is 3.41. The van der Waals surface area contributed by atoms with E-state index in [9.17, 15) is 9.90 Å². The molecule has 0 spiro atoms. The first kappa shape index (κ1) is 23.1. The lowest BCUT2D eigenvalue weighted by molar-refractivity contribution is -0.111. The van der Waals surface area contributed by atoms with Crippen LogP contribution >= 0.6 is 0 Å². The molecule has 1 amide bonds. The Hall–Kier alpha value is -3.57. The van der Waals surface area contributed by atoms with Crippen molar-refractivity contribution in [3.8, 4) is 11.5 Å². The van der Waals surface area contributed by atoms with Gasteiger partial charge < -0.3 is 20.1 Å². The molecule has 0 saturated heterocycles. The molecular weight excluding hydrogens is 400 g/mol. The van der Waals surface area contributed by atoms with Gasteiger partial charge in [-0.3, -0.25) is 4.79 Å². The van der Waals surface area contributed by atoms with E-state index in [1.165, 1.54) is 0 Å². The van der Waals surface area contributed by atoms with E-state index in [-0.39, 0.29) is 11.7 Å². The molecule has 0 heterocycles. The van der Waals surface area contributed by atoms with Gasteiger partial charge in [-0.15, -0.1) is 0 Å². The smallest absolute Gasteiger partial charge is 0.256 e. The molecule has 0 bridgehead atoms. The molecule has 0 radical (unpaired) electrons. The zero-order chi connectivity index (χ0) is 22.9. The van der Waals surface area contributed by atoms with Crippen LogP contribution in [0.25, 0.3) is 11.1 Å². The van der Waals surface area contributed by atoms with E-state index in [1.807, 2.05) is 75.6 Å². The molecule has 0 aliphatic rings. The third-order valence-corrected chi connectivity index (χ3v) is 5.08. The average molecular weight is 431 g/mol. The minimum atomic E-state index is -0.197. The predicted molar refractivity (Wildman–Crippen MR) is 131 cm³/mol. The summed E-state index contributed by atoms with van der Waals surface area (Å²) in [4.78, 5) is 15.5. The normalized spacial score (nSPS) is 11.8. The summed E-state index contributed by atoms with van der Waals surface area (Å²) in [6.07, 6.45) is 0.687. The molecule has 3 aromatic carbocycles. The third-order valence-electron chi connectivity index (χ3n) is 5.08. The number of phenols is 1. The first-order valence-corrected chi connectivity index (χ1v) is 10.7. The van der Waals surface area contributed by atoms with Crippen LogP contribution in [-0.2, 0) is 4.79 Å². The number of hydrogen-bond donors (Lipinski definition) is 2. The highest BCUT2D eigenvalue weighted by atomic mass is 16.5. The molecule has 2 N–H and O–H groups in total. The van der Waals surface area contributed by atoms with E-state index < -0.39 is 0 Å². The van der Waals surface area contributed by atoms with Crippen molar-refractivity contribution in [2.45, 2.75) is 13.3 Å². The van der Waals surface area contributed by atoms with Crippen molar-refractivity contribution in [1.82, 2.24) is 4.90 Å². The molecule has 32 heavy (non-hydrogen) atoms. The van der Waals surface area contributed by atoms with E-state index in [4.69, 9.17) is 4.74 Å². The lowest BCUT2D eigenvalue weighted by Gasteiger charge is -2.16. The number of hydrogen-bond acceptors (Lipinski definition) is 4. The number of phenolic OH excluding ortho intramolecular Hbond substituents is 1. The summed E-state index contributed by atoms with van der Waals surface area (Å²) < 4.78 is 5.73. The molecular formula is C27H30N2O3. The number of aromatic hydroxyl groups is 1. The summed E-state index contributed by atoms with van der Waals surface area (Å²) in [5.74, 6) is 0.728. The van der Waals surface area contributed by atoms with Gasteiger partial charge >= 0.3 is 0 Å². The van der Waals surface area contributed by atoms with E-state index in [0.29, 0.717) is 24.3 Å². The second-order valence-corrected chi connectivity index (χ2v) is 7.75. The summed E-state index contributed by atoms with van der Waals surface area (Å²) in [5.41, 5.74) is 3.97. The van der Waals surface area contributed by atoms with Gasteiger partial charge in [0.1, 0.15) is 18.1 Å².